The van der Waals surface area contributed by atoms with E-state index in [2.05, 4.69) is 5.32 Å². The number of rotatable bonds is 2. The molecule has 0 spiro atoms. The maximum atomic E-state index is 13.6. The van der Waals surface area contributed by atoms with E-state index in [0.29, 0.717) is 12.5 Å². The Labute approximate surface area is 123 Å². The van der Waals surface area contributed by atoms with Crippen LogP contribution in [0.3, 0.4) is 0 Å². The number of halogens is 1. The Hall–Kier alpha value is -1.88. The van der Waals surface area contributed by atoms with Crippen LogP contribution in [0.5, 0.6) is 0 Å². The van der Waals surface area contributed by atoms with E-state index in [4.69, 9.17) is 4.99 Å². The fraction of sp³-hybridized carbons (Fsp3) is 0.438. The van der Waals surface area contributed by atoms with Crippen LogP contribution in [0.15, 0.2) is 41.5 Å². The summed E-state index contributed by atoms with van der Waals surface area (Å²) in [6, 6.07) is 6.67. The number of hydrogen-bond acceptors (Lipinski definition) is 2. The highest BCUT2D eigenvalue weighted by molar-refractivity contribution is 5.81. The summed E-state index contributed by atoms with van der Waals surface area (Å²) < 4.78 is 13.6. The number of aliphatic imine (C=N–C) groups is 1. The van der Waals surface area contributed by atoms with Gasteiger partial charge in [-0.15, -0.1) is 0 Å². The average Bonchev–Trinajstić information content (AvgIpc) is 2.51. The largest absolute Gasteiger partial charge is 0.331 e. The second-order valence-electron chi connectivity index (χ2n) is 5.67. The molecule has 1 heterocycles. The predicted molar refractivity (Wildman–Crippen MR) is 79.4 cm³/mol. The SMILES string of the molecule is ON1CC=CNC1=NC1(c2cccc(F)c2)CCCCC1. The second kappa shape index (κ2) is 5.85. The summed E-state index contributed by atoms with van der Waals surface area (Å²) in [6.45, 7) is 0.408. The fourth-order valence-electron chi connectivity index (χ4n) is 3.12. The first-order valence-electron chi connectivity index (χ1n) is 7.43. The van der Waals surface area contributed by atoms with Crippen LogP contribution in [0.4, 0.5) is 4.39 Å². The molecule has 5 heteroatoms. The van der Waals surface area contributed by atoms with Crippen molar-refractivity contribution in [2.45, 2.75) is 37.6 Å². The van der Waals surface area contributed by atoms with Gasteiger partial charge in [0, 0.05) is 6.20 Å². The Bertz CT molecular complexity index is 564. The normalized spacial score (nSPS) is 23.1. The van der Waals surface area contributed by atoms with E-state index in [-0.39, 0.29) is 5.82 Å². The number of guanidine groups is 1. The van der Waals surface area contributed by atoms with Gasteiger partial charge in [0.25, 0.3) is 0 Å². The number of nitrogens with one attached hydrogen (secondary N) is 1. The molecule has 1 saturated carbocycles. The highest BCUT2D eigenvalue weighted by atomic mass is 19.1. The van der Waals surface area contributed by atoms with Crippen molar-refractivity contribution in [1.82, 2.24) is 10.4 Å². The highest BCUT2D eigenvalue weighted by Crippen LogP contribution is 2.41. The molecule has 1 aromatic carbocycles. The first kappa shape index (κ1) is 14.1. The van der Waals surface area contributed by atoms with Gasteiger partial charge in [-0.3, -0.25) is 5.21 Å². The third-order valence-corrected chi connectivity index (χ3v) is 4.22. The van der Waals surface area contributed by atoms with Crippen LogP contribution in [0, 0.1) is 5.82 Å². The van der Waals surface area contributed by atoms with Gasteiger partial charge >= 0.3 is 0 Å². The number of hydrogen-bond donors (Lipinski definition) is 2. The van der Waals surface area contributed by atoms with Crippen molar-refractivity contribution in [3.8, 4) is 0 Å². The van der Waals surface area contributed by atoms with E-state index in [0.717, 1.165) is 36.3 Å². The summed E-state index contributed by atoms with van der Waals surface area (Å²) in [6.07, 6.45) is 8.64. The van der Waals surface area contributed by atoms with E-state index in [1.807, 2.05) is 12.1 Å². The van der Waals surface area contributed by atoms with Gasteiger partial charge in [-0.1, -0.05) is 31.4 Å². The van der Waals surface area contributed by atoms with Crippen molar-refractivity contribution in [3.05, 3.63) is 47.9 Å². The standard InChI is InChI=1S/C16H20FN3O/c17-14-7-4-6-13(12-14)16(8-2-1-3-9-16)19-15-18-10-5-11-20(15)21/h4-7,10,12,21H,1-3,8-9,11H2,(H,18,19). The van der Waals surface area contributed by atoms with Gasteiger partial charge in [0.1, 0.15) is 5.82 Å². The third-order valence-electron chi connectivity index (χ3n) is 4.22. The Morgan fingerprint density at radius 1 is 1.24 bits per heavy atom. The molecular weight excluding hydrogens is 269 g/mol. The maximum Gasteiger partial charge on any atom is 0.223 e. The summed E-state index contributed by atoms with van der Waals surface area (Å²) >= 11 is 0. The minimum Gasteiger partial charge on any atom is -0.331 e. The quantitative estimate of drug-likeness (QED) is 0.879. The molecule has 112 valence electrons. The van der Waals surface area contributed by atoms with Crippen molar-refractivity contribution >= 4 is 5.96 Å². The molecule has 0 saturated heterocycles. The first-order chi connectivity index (χ1) is 10.2. The molecule has 0 radical (unpaired) electrons. The molecule has 2 aliphatic rings. The monoisotopic (exact) mass is 289 g/mol. The van der Waals surface area contributed by atoms with Crippen molar-refractivity contribution in [2.75, 3.05) is 6.54 Å². The lowest BCUT2D eigenvalue weighted by atomic mass is 9.77. The Morgan fingerprint density at radius 2 is 2.05 bits per heavy atom. The lowest BCUT2D eigenvalue weighted by Crippen LogP contribution is -2.43. The predicted octanol–water partition coefficient (Wildman–Crippen LogP) is 3.15. The fourth-order valence-corrected chi connectivity index (χ4v) is 3.12. The van der Waals surface area contributed by atoms with Crippen LogP contribution in [-0.2, 0) is 5.54 Å². The molecular formula is C16H20FN3O. The van der Waals surface area contributed by atoms with Crippen molar-refractivity contribution in [1.29, 1.82) is 0 Å². The molecule has 0 atom stereocenters. The van der Waals surface area contributed by atoms with Gasteiger partial charge < -0.3 is 5.32 Å². The first-order valence-corrected chi connectivity index (χ1v) is 7.43. The van der Waals surface area contributed by atoms with Crippen molar-refractivity contribution in [3.63, 3.8) is 0 Å². The Kier molecular flexibility index (Phi) is 3.92. The zero-order valence-corrected chi connectivity index (χ0v) is 11.9. The highest BCUT2D eigenvalue weighted by Gasteiger charge is 2.35. The lowest BCUT2D eigenvalue weighted by Gasteiger charge is -2.36. The van der Waals surface area contributed by atoms with E-state index >= 15 is 0 Å². The van der Waals surface area contributed by atoms with Gasteiger partial charge in [0.2, 0.25) is 5.96 Å². The van der Waals surface area contributed by atoms with Gasteiger partial charge in [-0.2, -0.15) is 0 Å². The molecule has 1 aliphatic carbocycles. The third kappa shape index (κ3) is 2.93. The van der Waals surface area contributed by atoms with E-state index in [1.54, 1.807) is 18.3 Å². The summed E-state index contributed by atoms with van der Waals surface area (Å²) in [7, 11) is 0. The van der Waals surface area contributed by atoms with Crippen molar-refractivity contribution < 1.29 is 9.60 Å². The Balaban J connectivity index is 2.01. The number of benzene rings is 1. The van der Waals surface area contributed by atoms with Crippen LogP contribution < -0.4 is 5.32 Å². The van der Waals surface area contributed by atoms with Crippen LogP contribution in [0.25, 0.3) is 0 Å². The molecule has 2 N–H and O–H groups in total. The minimum absolute atomic E-state index is 0.241. The summed E-state index contributed by atoms with van der Waals surface area (Å²) in [5.41, 5.74) is 0.439. The number of nitrogens with zero attached hydrogens (tertiary/aromatic N) is 2. The van der Waals surface area contributed by atoms with E-state index in [9.17, 15) is 9.60 Å². The van der Waals surface area contributed by atoms with Crippen molar-refractivity contribution in [2.24, 2.45) is 4.99 Å². The lowest BCUT2D eigenvalue weighted by molar-refractivity contribution is -0.00994. The van der Waals surface area contributed by atoms with Crippen LogP contribution in [0.2, 0.25) is 0 Å². The summed E-state index contributed by atoms with van der Waals surface area (Å²) in [5, 5.41) is 14.0. The van der Waals surface area contributed by atoms with Gasteiger partial charge in [0.15, 0.2) is 0 Å². The average molecular weight is 289 g/mol. The zero-order valence-electron chi connectivity index (χ0n) is 11.9. The van der Waals surface area contributed by atoms with Crippen LogP contribution in [-0.4, -0.2) is 22.8 Å². The molecule has 4 nitrogen and oxygen atoms in total. The van der Waals surface area contributed by atoms with Gasteiger partial charge in [-0.25, -0.2) is 14.4 Å². The van der Waals surface area contributed by atoms with E-state index < -0.39 is 5.54 Å². The van der Waals surface area contributed by atoms with Crippen LogP contribution >= 0.6 is 0 Å². The molecule has 0 unspecified atom stereocenters. The topological polar surface area (TPSA) is 47.9 Å². The van der Waals surface area contributed by atoms with E-state index in [1.165, 1.54) is 12.5 Å². The molecule has 1 aromatic rings. The second-order valence-corrected chi connectivity index (χ2v) is 5.67. The molecule has 21 heavy (non-hydrogen) atoms. The molecule has 0 amide bonds. The molecule has 1 fully saturated rings. The minimum atomic E-state index is -0.450. The van der Waals surface area contributed by atoms with Crippen LogP contribution in [0.1, 0.15) is 37.7 Å². The zero-order chi connectivity index (χ0) is 14.7. The van der Waals surface area contributed by atoms with Gasteiger partial charge in [0.05, 0.1) is 12.1 Å². The molecule has 0 aromatic heterocycles. The number of hydroxylamine groups is 2. The smallest absolute Gasteiger partial charge is 0.223 e. The molecule has 0 bridgehead atoms. The summed E-state index contributed by atoms with van der Waals surface area (Å²) in [4.78, 5) is 4.78. The molecule has 3 rings (SSSR count). The van der Waals surface area contributed by atoms with Gasteiger partial charge in [-0.05, 0) is 36.6 Å². The Morgan fingerprint density at radius 3 is 2.76 bits per heavy atom. The maximum absolute atomic E-state index is 13.6. The molecule has 1 aliphatic heterocycles. The summed E-state index contributed by atoms with van der Waals surface area (Å²) in [5.74, 6) is 0.193.